The Morgan fingerprint density at radius 2 is 1.65 bits per heavy atom. The number of ether oxygens (including phenoxy) is 1. The SMILES string of the molecule is CC(C)Oc1ccc(C(NN)c2ccccc2N)cc1. The Labute approximate surface area is 119 Å². The Balaban J connectivity index is 2.26. The van der Waals surface area contributed by atoms with Crippen LogP contribution in [0.2, 0.25) is 0 Å². The smallest absolute Gasteiger partial charge is 0.119 e. The number of benzene rings is 2. The zero-order valence-electron chi connectivity index (χ0n) is 11.8. The molecule has 0 heterocycles. The zero-order chi connectivity index (χ0) is 14.5. The van der Waals surface area contributed by atoms with Crippen molar-refractivity contribution >= 4 is 5.69 Å². The van der Waals surface area contributed by atoms with E-state index in [0.717, 1.165) is 22.6 Å². The van der Waals surface area contributed by atoms with E-state index in [1.165, 1.54) is 0 Å². The van der Waals surface area contributed by atoms with Crippen LogP contribution in [0, 0.1) is 0 Å². The molecule has 20 heavy (non-hydrogen) atoms. The first-order valence-corrected chi connectivity index (χ1v) is 6.69. The molecule has 5 N–H and O–H groups in total. The minimum absolute atomic E-state index is 0.135. The Morgan fingerprint density at radius 3 is 2.20 bits per heavy atom. The fourth-order valence-corrected chi connectivity index (χ4v) is 2.15. The highest BCUT2D eigenvalue weighted by Crippen LogP contribution is 2.27. The van der Waals surface area contributed by atoms with E-state index in [1.807, 2.05) is 62.4 Å². The molecule has 0 aliphatic heterocycles. The predicted molar refractivity (Wildman–Crippen MR) is 82.2 cm³/mol. The molecule has 0 bridgehead atoms. The molecule has 0 aliphatic carbocycles. The van der Waals surface area contributed by atoms with Gasteiger partial charge < -0.3 is 10.5 Å². The average molecular weight is 271 g/mol. The lowest BCUT2D eigenvalue weighted by atomic mass is 9.98. The molecule has 2 rings (SSSR count). The van der Waals surface area contributed by atoms with Crippen LogP contribution in [-0.2, 0) is 0 Å². The van der Waals surface area contributed by atoms with E-state index in [2.05, 4.69) is 5.43 Å². The quantitative estimate of drug-likeness (QED) is 0.444. The van der Waals surface area contributed by atoms with Crippen LogP contribution >= 0.6 is 0 Å². The fraction of sp³-hybridized carbons (Fsp3) is 0.250. The average Bonchev–Trinajstić information content (AvgIpc) is 2.43. The number of nitrogens with two attached hydrogens (primary N) is 2. The molecular formula is C16H21N3O. The van der Waals surface area contributed by atoms with Crippen molar-refractivity contribution in [2.24, 2.45) is 5.84 Å². The first kappa shape index (κ1) is 14.4. The molecule has 0 aliphatic rings. The lowest BCUT2D eigenvalue weighted by molar-refractivity contribution is 0.242. The second-order valence-electron chi connectivity index (χ2n) is 4.96. The molecule has 0 fully saturated rings. The summed E-state index contributed by atoms with van der Waals surface area (Å²) >= 11 is 0. The highest BCUT2D eigenvalue weighted by atomic mass is 16.5. The maximum absolute atomic E-state index is 6.01. The molecule has 0 aromatic heterocycles. The zero-order valence-corrected chi connectivity index (χ0v) is 11.8. The fourth-order valence-electron chi connectivity index (χ4n) is 2.15. The Morgan fingerprint density at radius 1 is 1.00 bits per heavy atom. The summed E-state index contributed by atoms with van der Waals surface area (Å²) in [5.41, 5.74) is 11.6. The third-order valence-corrected chi connectivity index (χ3v) is 3.06. The van der Waals surface area contributed by atoms with Gasteiger partial charge in [0.2, 0.25) is 0 Å². The molecule has 1 unspecified atom stereocenters. The van der Waals surface area contributed by atoms with Crippen molar-refractivity contribution in [1.29, 1.82) is 0 Å². The van der Waals surface area contributed by atoms with Crippen LogP contribution in [0.1, 0.15) is 31.0 Å². The van der Waals surface area contributed by atoms with Gasteiger partial charge in [-0.1, -0.05) is 30.3 Å². The number of hydrazine groups is 1. The molecule has 4 heteroatoms. The van der Waals surface area contributed by atoms with Gasteiger partial charge in [0.05, 0.1) is 12.1 Å². The summed E-state index contributed by atoms with van der Waals surface area (Å²) in [4.78, 5) is 0. The van der Waals surface area contributed by atoms with Crippen LogP contribution in [0.3, 0.4) is 0 Å². The van der Waals surface area contributed by atoms with Crippen molar-refractivity contribution in [3.8, 4) is 5.75 Å². The normalized spacial score (nSPS) is 12.4. The van der Waals surface area contributed by atoms with Gasteiger partial charge in [-0.05, 0) is 43.2 Å². The van der Waals surface area contributed by atoms with Crippen molar-refractivity contribution in [1.82, 2.24) is 5.43 Å². The van der Waals surface area contributed by atoms with Crippen molar-refractivity contribution in [3.63, 3.8) is 0 Å². The van der Waals surface area contributed by atoms with E-state index >= 15 is 0 Å². The third-order valence-electron chi connectivity index (χ3n) is 3.06. The van der Waals surface area contributed by atoms with Crippen molar-refractivity contribution in [2.75, 3.05) is 5.73 Å². The number of hydrogen-bond acceptors (Lipinski definition) is 4. The topological polar surface area (TPSA) is 73.3 Å². The predicted octanol–water partition coefficient (Wildman–Crippen LogP) is 2.61. The Kier molecular flexibility index (Phi) is 4.61. The largest absolute Gasteiger partial charge is 0.491 e. The van der Waals surface area contributed by atoms with Crippen molar-refractivity contribution < 1.29 is 4.74 Å². The van der Waals surface area contributed by atoms with Crippen LogP contribution < -0.4 is 21.7 Å². The molecule has 2 aromatic rings. The van der Waals surface area contributed by atoms with Gasteiger partial charge in [-0.2, -0.15) is 0 Å². The van der Waals surface area contributed by atoms with Gasteiger partial charge in [0.25, 0.3) is 0 Å². The minimum atomic E-state index is -0.135. The number of hydrogen-bond donors (Lipinski definition) is 3. The highest BCUT2D eigenvalue weighted by molar-refractivity contribution is 5.51. The van der Waals surface area contributed by atoms with Crippen LogP contribution in [0.5, 0.6) is 5.75 Å². The van der Waals surface area contributed by atoms with Crippen molar-refractivity contribution in [3.05, 3.63) is 59.7 Å². The van der Waals surface area contributed by atoms with E-state index in [4.69, 9.17) is 16.3 Å². The van der Waals surface area contributed by atoms with Crippen LogP contribution in [0.15, 0.2) is 48.5 Å². The molecule has 0 saturated carbocycles. The van der Waals surface area contributed by atoms with E-state index < -0.39 is 0 Å². The van der Waals surface area contributed by atoms with E-state index in [-0.39, 0.29) is 12.1 Å². The van der Waals surface area contributed by atoms with E-state index in [1.54, 1.807) is 0 Å². The van der Waals surface area contributed by atoms with Gasteiger partial charge in [-0.15, -0.1) is 0 Å². The van der Waals surface area contributed by atoms with Gasteiger partial charge in [0, 0.05) is 5.69 Å². The van der Waals surface area contributed by atoms with Gasteiger partial charge >= 0.3 is 0 Å². The lowest BCUT2D eigenvalue weighted by Crippen LogP contribution is -2.29. The molecule has 1 atom stereocenters. The second-order valence-corrected chi connectivity index (χ2v) is 4.96. The maximum atomic E-state index is 6.01. The molecule has 106 valence electrons. The number of rotatable bonds is 5. The Bertz CT molecular complexity index is 552. The lowest BCUT2D eigenvalue weighted by Gasteiger charge is -2.19. The van der Waals surface area contributed by atoms with Crippen LogP contribution in [0.4, 0.5) is 5.69 Å². The number of para-hydroxylation sites is 1. The first-order chi connectivity index (χ1) is 9.61. The van der Waals surface area contributed by atoms with Gasteiger partial charge in [-0.3, -0.25) is 5.84 Å². The third kappa shape index (κ3) is 3.29. The molecular weight excluding hydrogens is 250 g/mol. The summed E-state index contributed by atoms with van der Waals surface area (Å²) in [5, 5.41) is 0. The highest BCUT2D eigenvalue weighted by Gasteiger charge is 2.14. The maximum Gasteiger partial charge on any atom is 0.119 e. The number of anilines is 1. The van der Waals surface area contributed by atoms with Crippen LogP contribution in [-0.4, -0.2) is 6.10 Å². The second kappa shape index (κ2) is 6.41. The number of nitrogens with one attached hydrogen (secondary N) is 1. The summed E-state index contributed by atoms with van der Waals surface area (Å²) in [6.07, 6.45) is 0.161. The minimum Gasteiger partial charge on any atom is -0.491 e. The summed E-state index contributed by atoms with van der Waals surface area (Å²) in [5.74, 6) is 6.54. The van der Waals surface area contributed by atoms with Crippen LogP contribution in [0.25, 0.3) is 0 Å². The van der Waals surface area contributed by atoms with Gasteiger partial charge in [-0.25, -0.2) is 5.43 Å². The van der Waals surface area contributed by atoms with E-state index in [9.17, 15) is 0 Å². The standard InChI is InChI=1S/C16H21N3O/c1-11(2)20-13-9-7-12(8-10-13)16(19-18)14-5-3-4-6-15(14)17/h3-11,16,19H,17-18H2,1-2H3. The summed E-state index contributed by atoms with van der Waals surface area (Å²) in [7, 11) is 0. The van der Waals surface area contributed by atoms with Crippen molar-refractivity contribution in [2.45, 2.75) is 26.0 Å². The molecule has 0 saturated heterocycles. The molecule has 0 spiro atoms. The molecule has 2 aromatic carbocycles. The molecule has 4 nitrogen and oxygen atoms in total. The Hall–Kier alpha value is -2.04. The summed E-state index contributed by atoms with van der Waals surface area (Å²) in [6, 6.07) is 15.4. The van der Waals surface area contributed by atoms with Gasteiger partial charge in [0.1, 0.15) is 5.75 Å². The first-order valence-electron chi connectivity index (χ1n) is 6.69. The van der Waals surface area contributed by atoms with Gasteiger partial charge in [0.15, 0.2) is 0 Å². The molecule has 0 amide bonds. The number of nitrogen functional groups attached to an aromatic ring is 1. The van der Waals surface area contributed by atoms with E-state index in [0.29, 0.717) is 0 Å². The monoisotopic (exact) mass is 271 g/mol. The summed E-state index contributed by atoms with van der Waals surface area (Å²) < 4.78 is 5.64. The molecule has 0 radical (unpaired) electrons. The summed E-state index contributed by atoms with van der Waals surface area (Å²) in [6.45, 7) is 4.01.